The Morgan fingerprint density at radius 3 is 2.86 bits per heavy atom. The highest BCUT2D eigenvalue weighted by Crippen LogP contribution is 2.30. The van der Waals surface area contributed by atoms with Crippen molar-refractivity contribution in [2.24, 2.45) is 0 Å². The van der Waals surface area contributed by atoms with Gasteiger partial charge in [-0.15, -0.1) is 10.2 Å². The highest BCUT2D eigenvalue weighted by molar-refractivity contribution is 5.32. The minimum absolute atomic E-state index is 0.00403. The molecule has 5 nitrogen and oxygen atoms in total. The topological polar surface area (TPSA) is 62.4 Å². The quantitative estimate of drug-likeness (QED) is 0.934. The molecule has 0 fully saturated rings. The van der Waals surface area contributed by atoms with Crippen LogP contribution in [0.3, 0.4) is 0 Å². The van der Waals surface area contributed by atoms with Crippen molar-refractivity contribution in [3.8, 4) is 0 Å². The second kappa shape index (κ2) is 5.95. The van der Waals surface area contributed by atoms with Gasteiger partial charge in [-0.25, -0.2) is 0 Å². The molecule has 1 atom stereocenters. The van der Waals surface area contributed by atoms with E-state index >= 15 is 0 Å². The maximum absolute atomic E-state index is 9.77. The second-order valence-electron chi connectivity index (χ2n) is 5.81. The molecule has 0 spiro atoms. The zero-order valence-electron chi connectivity index (χ0n) is 12.5. The molecule has 1 aliphatic heterocycles. The lowest BCUT2D eigenvalue weighted by Gasteiger charge is -2.35. The summed E-state index contributed by atoms with van der Waals surface area (Å²) in [6.45, 7) is 5.64. The van der Waals surface area contributed by atoms with Gasteiger partial charge < -0.3 is 9.52 Å². The molecule has 0 amide bonds. The summed E-state index contributed by atoms with van der Waals surface area (Å²) >= 11 is 0. The number of fused-ring (bicyclic) bond motifs is 1. The predicted molar refractivity (Wildman–Crippen MR) is 78.8 cm³/mol. The molecule has 2 heterocycles. The summed E-state index contributed by atoms with van der Waals surface area (Å²) in [5.74, 6) is 1.53. The van der Waals surface area contributed by atoms with Gasteiger partial charge >= 0.3 is 0 Å². The fourth-order valence-corrected chi connectivity index (χ4v) is 2.84. The van der Waals surface area contributed by atoms with E-state index in [1.807, 2.05) is 19.9 Å². The van der Waals surface area contributed by atoms with Crippen LogP contribution in [0.1, 0.15) is 48.7 Å². The van der Waals surface area contributed by atoms with Gasteiger partial charge in [0.2, 0.25) is 11.8 Å². The molecular weight excluding hydrogens is 266 g/mol. The van der Waals surface area contributed by atoms with Crippen molar-refractivity contribution < 1.29 is 9.52 Å². The number of aliphatic hydroxyl groups is 1. The minimum Gasteiger partial charge on any atom is -0.424 e. The van der Waals surface area contributed by atoms with Crippen LogP contribution >= 0.6 is 0 Å². The molecule has 0 saturated heterocycles. The van der Waals surface area contributed by atoms with Gasteiger partial charge in [-0.05, 0) is 17.5 Å². The van der Waals surface area contributed by atoms with E-state index in [-0.39, 0.29) is 18.6 Å². The zero-order chi connectivity index (χ0) is 14.8. The van der Waals surface area contributed by atoms with Crippen LogP contribution in [-0.4, -0.2) is 33.4 Å². The summed E-state index contributed by atoms with van der Waals surface area (Å²) in [6.07, 6.45) is 0.984. The van der Waals surface area contributed by atoms with Crippen LogP contribution in [0.5, 0.6) is 0 Å². The first-order chi connectivity index (χ1) is 10.2. The molecule has 0 aliphatic carbocycles. The van der Waals surface area contributed by atoms with Crippen molar-refractivity contribution in [3.05, 3.63) is 47.2 Å². The number of aromatic nitrogens is 2. The average molecular weight is 287 g/mol. The number of nitrogens with zero attached hydrogens (tertiary/aromatic N) is 3. The fourth-order valence-electron chi connectivity index (χ4n) is 2.84. The van der Waals surface area contributed by atoms with Crippen molar-refractivity contribution in [2.75, 3.05) is 13.2 Å². The molecule has 1 unspecified atom stereocenters. The molecule has 0 saturated carbocycles. The highest BCUT2D eigenvalue weighted by Gasteiger charge is 2.27. The molecule has 1 aromatic carbocycles. The number of hydrogen-bond acceptors (Lipinski definition) is 5. The van der Waals surface area contributed by atoms with Gasteiger partial charge in [0.1, 0.15) is 0 Å². The van der Waals surface area contributed by atoms with E-state index in [2.05, 4.69) is 33.3 Å². The van der Waals surface area contributed by atoms with E-state index in [0.29, 0.717) is 18.3 Å². The molecule has 5 heteroatoms. The average Bonchev–Trinajstić information content (AvgIpc) is 2.96. The van der Waals surface area contributed by atoms with E-state index in [0.717, 1.165) is 13.0 Å². The Balaban J connectivity index is 1.79. The smallest absolute Gasteiger partial charge is 0.230 e. The minimum atomic E-state index is 0.00403. The first-order valence-corrected chi connectivity index (χ1v) is 7.44. The monoisotopic (exact) mass is 287 g/mol. The third-order valence-electron chi connectivity index (χ3n) is 4.01. The molecule has 21 heavy (non-hydrogen) atoms. The largest absolute Gasteiger partial charge is 0.424 e. The van der Waals surface area contributed by atoms with E-state index < -0.39 is 0 Å². The third kappa shape index (κ3) is 2.84. The maximum Gasteiger partial charge on any atom is 0.230 e. The van der Waals surface area contributed by atoms with E-state index in [1.54, 1.807) is 0 Å². The molecule has 1 aromatic heterocycles. The van der Waals surface area contributed by atoms with Crippen LogP contribution in [0, 0.1) is 0 Å². The molecule has 0 radical (unpaired) electrons. The summed E-state index contributed by atoms with van der Waals surface area (Å²) in [5.41, 5.74) is 2.52. The molecule has 112 valence electrons. The van der Waals surface area contributed by atoms with Crippen molar-refractivity contribution in [1.82, 2.24) is 15.1 Å². The lowest BCUT2D eigenvalue weighted by Crippen LogP contribution is -2.36. The summed E-state index contributed by atoms with van der Waals surface area (Å²) in [6, 6.07) is 8.31. The van der Waals surface area contributed by atoms with Crippen LogP contribution in [0.2, 0.25) is 0 Å². The van der Waals surface area contributed by atoms with Gasteiger partial charge in [0.05, 0.1) is 19.2 Å². The second-order valence-corrected chi connectivity index (χ2v) is 5.81. The number of benzene rings is 1. The zero-order valence-corrected chi connectivity index (χ0v) is 12.5. The van der Waals surface area contributed by atoms with Gasteiger partial charge in [0.25, 0.3) is 0 Å². The van der Waals surface area contributed by atoms with Crippen molar-refractivity contribution in [2.45, 2.75) is 38.8 Å². The summed E-state index contributed by atoms with van der Waals surface area (Å²) in [5, 5.41) is 18.0. The van der Waals surface area contributed by atoms with Crippen LogP contribution in [0.4, 0.5) is 0 Å². The fraction of sp³-hybridized carbons (Fsp3) is 0.500. The van der Waals surface area contributed by atoms with Gasteiger partial charge in [-0.2, -0.15) is 0 Å². The standard InChI is InChI=1S/C16H21N3O2/c1-11(2)16-18-17-15(21-16)9-19-8-7-12-5-3-4-6-13(12)14(19)10-20/h3-6,11,14,20H,7-10H2,1-2H3. The Bertz CT molecular complexity index is 609. The summed E-state index contributed by atoms with van der Waals surface area (Å²) in [7, 11) is 0. The number of hydrogen-bond donors (Lipinski definition) is 1. The van der Waals surface area contributed by atoms with Gasteiger partial charge in [0, 0.05) is 12.5 Å². The Labute approximate surface area is 124 Å². The first kappa shape index (κ1) is 14.2. The van der Waals surface area contributed by atoms with E-state index in [9.17, 15) is 5.11 Å². The van der Waals surface area contributed by atoms with Gasteiger partial charge in [-0.3, -0.25) is 4.90 Å². The Kier molecular flexibility index (Phi) is 4.03. The summed E-state index contributed by atoms with van der Waals surface area (Å²) < 4.78 is 5.68. The normalized spacial score (nSPS) is 19.0. The summed E-state index contributed by atoms with van der Waals surface area (Å²) in [4.78, 5) is 2.21. The van der Waals surface area contributed by atoms with E-state index in [4.69, 9.17) is 4.42 Å². The molecular formula is C16H21N3O2. The number of aliphatic hydroxyl groups excluding tert-OH is 1. The Morgan fingerprint density at radius 1 is 1.33 bits per heavy atom. The lowest BCUT2D eigenvalue weighted by atomic mass is 9.93. The van der Waals surface area contributed by atoms with E-state index in [1.165, 1.54) is 11.1 Å². The van der Waals surface area contributed by atoms with Gasteiger partial charge in [0.15, 0.2) is 0 Å². The van der Waals surface area contributed by atoms with Crippen LogP contribution < -0.4 is 0 Å². The van der Waals surface area contributed by atoms with Gasteiger partial charge in [-0.1, -0.05) is 38.1 Å². The lowest BCUT2D eigenvalue weighted by molar-refractivity contribution is 0.0989. The Hall–Kier alpha value is -1.72. The van der Waals surface area contributed by atoms with Crippen molar-refractivity contribution in [1.29, 1.82) is 0 Å². The van der Waals surface area contributed by atoms with Crippen LogP contribution in [0.25, 0.3) is 0 Å². The molecule has 1 N–H and O–H groups in total. The molecule has 1 aliphatic rings. The van der Waals surface area contributed by atoms with Crippen molar-refractivity contribution >= 4 is 0 Å². The predicted octanol–water partition coefficient (Wildman–Crippen LogP) is 2.28. The molecule has 3 rings (SSSR count). The van der Waals surface area contributed by atoms with Crippen LogP contribution in [-0.2, 0) is 13.0 Å². The SMILES string of the molecule is CC(C)c1nnc(CN2CCc3ccccc3C2CO)o1. The number of rotatable bonds is 4. The van der Waals surface area contributed by atoms with Crippen molar-refractivity contribution in [3.63, 3.8) is 0 Å². The molecule has 0 bridgehead atoms. The third-order valence-corrected chi connectivity index (χ3v) is 4.01. The first-order valence-electron chi connectivity index (χ1n) is 7.44. The Morgan fingerprint density at radius 2 is 2.14 bits per heavy atom. The molecule has 2 aromatic rings. The highest BCUT2D eigenvalue weighted by atomic mass is 16.4. The maximum atomic E-state index is 9.77. The van der Waals surface area contributed by atoms with Crippen LogP contribution in [0.15, 0.2) is 28.7 Å².